The smallest absolute Gasteiger partial charge is 0.306 e. The number of carbonyl (C=O) groups excluding carboxylic acids is 1. The first kappa shape index (κ1) is 15.8. The molecule has 2 rings (SSSR count). The Hall–Kier alpha value is -0.610. The summed E-state index contributed by atoms with van der Waals surface area (Å²) in [4.78, 5) is 12.0. The third-order valence-electron chi connectivity index (χ3n) is 5.28. The van der Waals surface area contributed by atoms with E-state index in [0.29, 0.717) is 6.42 Å². The second-order valence-corrected chi connectivity index (χ2v) is 6.05. The Morgan fingerprint density at radius 2 is 2.05 bits per heavy atom. The Balaban J connectivity index is 1.78. The largest absolute Gasteiger partial charge is 0.462 e. The van der Waals surface area contributed by atoms with E-state index in [9.17, 15) is 4.79 Å². The van der Waals surface area contributed by atoms with Gasteiger partial charge < -0.3 is 14.2 Å². The van der Waals surface area contributed by atoms with Gasteiger partial charge in [0.1, 0.15) is 6.10 Å². The van der Waals surface area contributed by atoms with Gasteiger partial charge in [0.05, 0.1) is 12.2 Å². The van der Waals surface area contributed by atoms with Gasteiger partial charge >= 0.3 is 5.97 Å². The van der Waals surface area contributed by atoms with Crippen LogP contribution in [0.1, 0.15) is 58.8 Å². The number of rotatable bonds is 7. The van der Waals surface area contributed by atoms with Gasteiger partial charge in [-0.05, 0) is 32.1 Å². The highest BCUT2D eigenvalue weighted by Crippen LogP contribution is 2.50. The molecule has 2 aliphatic rings. The Labute approximate surface area is 122 Å². The van der Waals surface area contributed by atoms with Gasteiger partial charge in [0.2, 0.25) is 0 Å². The lowest BCUT2D eigenvalue weighted by atomic mass is 9.60. The first-order valence-corrected chi connectivity index (χ1v) is 8.00. The van der Waals surface area contributed by atoms with Crippen molar-refractivity contribution in [2.45, 2.75) is 77.1 Å². The fourth-order valence-electron chi connectivity index (χ4n) is 3.74. The number of hydrogen-bond donors (Lipinski definition) is 0. The van der Waals surface area contributed by atoms with Crippen LogP contribution in [0.5, 0.6) is 0 Å². The molecular weight excluding hydrogens is 256 g/mol. The van der Waals surface area contributed by atoms with Crippen molar-refractivity contribution in [2.24, 2.45) is 5.41 Å². The Bertz CT molecular complexity index is 318. The predicted octanol–water partition coefficient (Wildman–Crippen LogP) is 3.08. The zero-order valence-electron chi connectivity index (χ0n) is 13.0. The molecule has 0 unspecified atom stereocenters. The molecule has 0 spiro atoms. The summed E-state index contributed by atoms with van der Waals surface area (Å²) in [5.41, 5.74) is 0.0221. The monoisotopic (exact) mass is 284 g/mol. The summed E-state index contributed by atoms with van der Waals surface area (Å²) >= 11 is 0. The van der Waals surface area contributed by atoms with Gasteiger partial charge in [-0.25, -0.2) is 0 Å². The van der Waals surface area contributed by atoms with Crippen LogP contribution in [0.3, 0.4) is 0 Å². The summed E-state index contributed by atoms with van der Waals surface area (Å²) in [6.45, 7) is 5.15. The van der Waals surface area contributed by atoms with Gasteiger partial charge in [-0.2, -0.15) is 0 Å². The highest BCUT2D eigenvalue weighted by molar-refractivity contribution is 5.69. The van der Waals surface area contributed by atoms with Crippen LogP contribution in [0, 0.1) is 5.41 Å². The summed E-state index contributed by atoms with van der Waals surface area (Å²) in [6.07, 6.45) is 6.81. The molecule has 116 valence electrons. The van der Waals surface area contributed by atoms with E-state index in [2.05, 4.69) is 13.8 Å². The quantitative estimate of drug-likeness (QED) is 0.674. The average molecular weight is 284 g/mol. The molecule has 0 aromatic heterocycles. The van der Waals surface area contributed by atoms with Crippen LogP contribution in [0.2, 0.25) is 0 Å². The zero-order chi connectivity index (χ0) is 14.6. The molecule has 1 aliphatic heterocycles. The lowest BCUT2D eigenvalue weighted by Crippen LogP contribution is -2.58. The number of hydrogen-bond acceptors (Lipinski definition) is 4. The third kappa shape index (κ3) is 3.01. The molecule has 0 aromatic rings. The molecule has 1 aliphatic carbocycles. The second-order valence-electron chi connectivity index (χ2n) is 6.05. The molecule has 1 heterocycles. The van der Waals surface area contributed by atoms with Crippen molar-refractivity contribution in [3.05, 3.63) is 0 Å². The molecular formula is C16H28O4. The minimum atomic E-state index is -0.0775. The van der Waals surface area contributed by atoms with Gasteiger partial charge in [-0.15, -0.1) is 0 Å². The summed E-state index contributed by atoms with van der Waals surface area (Å²) in [5, 5.41) is 0. The van der Waals surface area contributed by atoms with Crippen LogP contribution in [-0.4, -0.2) is 38.0 Å². The first-order valence-electron chi connectivity index (χ1n) is 8.00. The molecule has 0 radical (unpaired) electrons. The second kappa shape index (κ2) is 6.90. The molecule has 1 saturated carbocycles. The molecule has 3 atom stereocenters. The van der Waals surface area contributed by atoms with Crippen molar-refractivity contribution < 1.29 is 19.0 Å². The van der Waals surface area contributed by atoms with Gasteiger partial charge in [0.15, 0.2) is 0 Å². The van der Waals surface area contributed by atoms with E-state index in [1.165, 1.54) is 0 Å². The number of methoxy groups -OCH3 is 1. The van der Waals surface area contributed by atoms with Crippen molar-refractivity contribution in [1.82, 2.24) is 0 Å². The molecule has 4 nitrogen and oxygen atoms in total. The molecule has 2 fully saturated rings. The molecule has 4 heteroatoms. The van der Waals surface area contributed by atoms with Crippen molar-refractivity contribution in [3.8, 4) is 0 Å². The molecule has 0 aromatic carbocycles. The van der Waals surface area contributed by atoms with Crippen molar-refractivity contribution in [3.63, 3.8) is 0 Å². The summed E-state index contributed by atoms with van der Waals surface area (Å²) in [6, 6.07) is 0. The van der Waals surface area contributed by atoms with Gasteiger partial charge in [-0.1, -0.05) is 13.8 Å². The Morgan fingerprint density at radius 3 is 2.60 bits per heavy atom. The van der Waals surface area contributed by atoms with Crippen molar-refractivity contribution >= 4 is 5.97 Å². The Morgan fingerprint density at radius 1 is 1.30 bits per heavy atom. The van der Waals surface area contributed by atoms with Gasteiger partial charge in [0.25, 0.3) is 0 Å². The minimum absolute atomic E-state index is 0.0221. The van der Waals surface area contributed by atoms with Crippen molar-refractivity contribution in [2.75, 3.05) is 13.7 Å². The Kier molecular flexibility index (Phi) is 5.44. The van der Waals surface area contributed by atoms with E-state index in [0.717, 1.165) is 45.1 Å². The van der Waals surface area contributed by atoms with Crippen LogP contribution >= 0.6 is 0 Å². The average Bonchev–Trinajstić information content (AvgIpc) is 2.95. The summed E-state index contributed by atoms with van der Waals surface area (Å²) in [7, 11) is 1.75. The number of carbonyl (C=O) groups is 1. The normalized spacial score (nSPS) is 31.9. The molecule has 0 bridgehead atoms. The number of esters is 1. The zero-order valence-corrected chi connectivity index (χ0v) is 13.0. The first-order chi connectivity index (χ1) is 9.66. The fourth-order valence-corrected chi connectivity index (χ4v) is 3.74. The van der Waals surface area contributed by atoms with Crippen LogP contribution in [0.15, 0.2) is 0 Å². The van der Waals surface area contributed by atoms with Crippen LogP contribution in [0.25, 0.3) is 0 Å². The lowest BCUT2D eigenvalue weighted by Gasteiger charge is -2.53. The topological polar surface area (TPSA) is 44.8 Å². The highest BCUT2D eigenvalue weighted by atomic mass is 16.6. The maximum absolute atomic E-state index is 12.0. The summed E-state index contributed by atoms with van der Waals surface area (Å²) < 4.78 is 16.8. The maximum atomic E-state index is 12.0. The van der Waals surface area contributed by atoms with E-state index in [1.807, 2.05) is 0 Å². The lowest BCUT2D eigenvalue weighted by molar-refractivity contribution is -0.210. The predicted molar refractivity (Wildman–Crippen MR) is 76.5 cm³/mol. The summed E-state index contributed by atoms with van der Waals surface area (Å²) in [5.74, 6) is -0.0775. The molecule has 20 heavy (non-hydrogen) atoms. The van der Waals surface area contributed by atoms with Crippen LogP contribution in [-0.2, 0) is 19.0 Å². The molecule has 0 N–H and O–H groups in total. The third-order valence-corrected chi connectivity index (χ3v) is 5.28. The standard InChI is InChI=1S/C16H28O4/c1-4-16(5-2)13(18-3)11-14(16)20-15(17)9-8-12-7-6-10-19-12/h12-14H,4-11H2,1-3H3/t12-,13-,14-/m1/s1. The fraction of sp³-hybridized carbons (Fsp3) is 0.938. The van der Waals surface area contributed by atoms with Crippen LogP contribution in [0.4, 0.5) is 0 Å². The maximum Gasteiger partial charge on any atom is 0.306 e. The van der Waals surface area contributed by atoms with E-state index in [-0.39, 0.29) is 29.7 Å². The van der Waals surface area contributed by atoms with E-state index in [4.69, 9.17) is 14.2 Å². The molecule has 0 amide bonds. The van der Waals surface area contributed by atoms with Gasteiger partial charge in [0, 0.05) is 32.0 Å². The SMILES string of the molecule is CCC1(CC)[C@H](OC)C[C@H]1OC(=O)CC[C@H]1CCCO1. The van der Waals surface area contributed by atoms with E-state index in [1.54, 1.807) is 7.11 Å². The van der Waals surface area contributed by atoms with Gasteiger partial charge in [-0.3, -0.25) is 4.79 Å². The van der Waals surface area contributed by atoms with E-state index >= 15 is 0 Å². The minimum Gasteiger partial charge on any atom is -0.462 e. The van der Waals surface area contributed by atoms with Crippen LogP contribution < -0.4 is 0 Å². The highest BCUT2D eigenvalue weighted by Gasteiger charge is 2.55. The van der Waals surface area contributed by atoms with E-state index < -0.39 is 0 Å². The molecule has 1 saturated heterocycles. The van der Waals surface area contributed by atoms with Crippen molar-refractivity contribution in [1.29, 1.82) is 0 Å². The number of ether oxygens (including phenoxy) is 3.